The second-order valence-electron chi connectivity index (χ2n) is 3.85. The van der Waals surface area contributed by atoms with Gasteiger partial charge >= 0.3 is 0 Å². The molecule has 0 unspecified atom stereocenters. The van der Waals surface area contributed by atoms with E-state index in [0.29, 0.717) is 12.2 Å². The number of anilines is 1. The monoisotopic (exact) mass is 226 g/mol. The quantitative estimate of drug-likeness (QED) is 0.710. The molecule has 0 spiro atoms. The summed E-state index contributed by atoms with van der Waals surface area (Å²) in [4.78, 5) is 6.38. The summed E-state index contributed by atoms with van der Waals surface area (Å²) in [5.74, 6) is 1.75. The van der Waals surface area contributed by atoms with Gasteiger partial charge in [-0.15, -0.1) is 10.2 Å². The first-order valence-corrected chi connectivity index (χ1v) is 5.35. The Morgan fingerprint density at radius 2 is 2.24 bits per heavy atom. The van der Waals surface area contributed by atoms with Crippen LogP contribution in [0.3, 0.4) is 0 Å². The highest BCUT2D eigenvalue weighted by atomic mass is 15.3. The van der Waals surface area contributed by atoms with E-state index in [1.807, 2.05) is 22.8 Å². The van der Waals surface area contributed by atoms with Gasteiger partial charge in [-0.2, -0.15) is 5.26 Å². The molecule has 1 aliphatic rings. The van der Waals surface area contributed by atoms with Crippen molar-refractivity contribution in [1.29, 1.82) is 5.26 Å². The molecule has 3 heterocycles. The molecule has 17 heavy (non-hydrogen) atoms. The zero-order valence-electron chi connectivity index (χ0n) is 9.11. The van der Waals surface area contributed by atoms with Gasteiger partial charge in [0.1, 0.15) is 23.9 Å². The molecular formula is C11H10N6. The molecule has 0 amide bonds. The molecule has 0 aliphatic carbocycles. The summed E-state index contributed by atoms with van der Waals surface area (Å²) in [5.41, 5.74) is 0.439. The Bertz CT molecular complexity index is 582. The molecule has 1 aliphatic heterocycles. The molecule has 2 aromatic rings. The van der Waals surface area contributed by atoms with Crippen molar-refractivity contribution < 1.29 is 0 Å². The van der Waals surface area contributed by atoms with Crippen molar-refractivity contribution in [3.05, 3.63) is 36.0 Å². The average Bonchev–Trinajstić information content (AvgIpc) is 2.86. The second-order valence-corrected chi connectivity index (χ2v) is 3.85. The molecular weight excluding hydrogens is 216 g/mol. The predicted molar refractivity (Wildman–Crippen MR) is 60.0 cm³/mol. The van der Waals surface area contributed by atoms with Crippen LogP contribution in [0.4, 0.5) is 5.82 Å². The Morgan fingerprint density at radius 3 is 3.12 bits per heavy atom. The van der Waals surface area contributed by atoms with Crippen molar-refractivity contribution >= 4 is 5.82 Å². The number of fused-ring (bicyclic) bond motifs is 1. The summed E-state index contributed by atoms with van der Waals surface area (Å²) < 4.78 is 2.03. The third-order valence-corrected chi connectivity index (χ3v) is 2.81. The third kappa shape index (κ3) is 1.72. The first-order chi connectivity index (χ1) is 8.36. The van der Waals surface area contributed by atoms with E-state index in [1.165, 1.54) is 0 Å². The van der Waals surface area contributed by atoms with E-state index in [0.717, 1.165) is 24.7 Å². The Morgan fingerprint density at radius 1 is 1.29 bits per heavy atom. The molecule has 3 rings (SSSR count). The normalized spacial score (nSPS) is 14.2. The molecule has 0 atom stereocenters. The van der Waals surface area contributed by atoms with E-state index in [-0.39, 0.29) is 0 Å². The molecule has 6 nitrogen and oxygen atoms in total. The van der Waals surface area contributed by atoms with Crippen LogP contribution in [0.25, 0.3) is 0 Å². The van der Waals surface area contributed by atoms with Gasteiger partial charge in [-0.05, 0) is 12.1 Å². The molecule has 0 fully saturated rings. The number of nitrogens with zero attached hydrogens (tertiary/aromatic N) is 6. The van der Waals surface area contributed by atoms with Gasteiger partial charge in [-0.1, -0.05) is 6.07 Å². The summed E-state index contributed by atoms with van der Waals surface area (Å²) in [6, 6.07) is 7.51. The van der Waals surface area contributed by atoms with Crippen molar-refractivity contribution in [1.82, 2.24) is 19.7 Å². The van der Waals surface area contributed by atoms with Crippen LogP contribution >= 0.6 is 0 Å². The van der Waals surface area contributed by atoms with E-state index in [9.17, 15) is 0 Å². The summed E-state index contributed by atoms with van der Waals surface area (Å²) >= 11 is 0. The largest absolute Gasteiger partial charge is 0.347 e. The Balaban J connectivity index is 1.89. The maximum absolute atomic E-state index is 8.83. The van der Waals surface area contributed by atoms with Crippen molar-refractivity contribution in [2.75, 3.05) is 11.4 Å². The minimum Gasteiger partial charge on any atom is -0.347 e. The highest BCUT2D eigenvalue weighted by Crippen LogP contribution is 2.17. The Labute approximate surface area is 98.1 Å². The van der Waals surface area contributed by atoms with E-state index >= 15 is 0 Å². The van der Waals surface area contributed by atoms with Crippen LogP contribution in [0.2, 0.25) is 0 Å². The van der Waals surface area contributed by atoms with E-state index in [1.54, 1.807) is 12.4 Å². The van der Waals surface area contributed by atoms with Crippen molar-refractivity contribution in [2.45, 2.75) is 13.1 Å². The number of nitriles is 1. The summed E-state index contributed by atoms with van der Waals surface area (Å²) in [6.07, 6.45) is 1.74. The average molecular weight is 226 g/mol. The number of hydrogen-bond acceptors (Lipinski definition) is 5. The Kier molecular flexibility index (Phi) is 2.22. The highest BCUT2D eigenvalue weighted by Gasteiger charge is 2.18. The molecule has 84 valence electrons. The molecule has 0 saturated heterocycles. The van der Waals surface area contributed by atoms with Crippen LogP contribution in [0.15, 0.2) is 24.5 Å². The minimum absolute atomic E-state index is 0.439. The first kappa shape index (κ1) is 9.78. The molecule has 0 radical (unpaired) electrons. The summed E-state index contributed by atoms with van der Waals surface area (Å²) in [6.45, 7) is 2.38. The SMILES string of the molecule is N#Cc1cccc(N2CCn3cnnc3C2)n1. The van der Waals surface area contributed by atoms with Crippen LogP contribution in [-0.2, 0) is 13.1 Å². The zero-order valence-corrected chi connectivity index (χ0v) is 9.11. The molecule has 0 bridgehead atoms. The first-order valence-electron chi connectivity index (χ1n) is 5.35. The van der Waals surface area contributed by atoms with Gasteiger partial charge in [0.15, 0.2) is 5.82 Å². The standard InChI is InChI=1S/C11H10N6/c12-6-9-2-1-3-10(14-9)16-4-5-17-8-13-15-11(17)7-16/h1-3,8H,4-5,7H2. The van der Waals surface area contributed by atoms with Crippen molar-refractivity contribution in [2.24, 2.45) is 0 Å². The lowest BCUT2D eigenvalue weighted by atomic mass is 10.3. The third-order valence-electron chi connectivity index (χ3n) is 2.81. The number of pyridine rings is 1. The second kappa shape index (κ2) is 3.87. The minimum atomic E-state index is 0.439. The highest BCUT2D eigenvalue weighted by molar-refractivity contribution is 5.42. The summed E-state index contributed by atoms with van der Waals surface area (Å²) in [5, 5.41) is 16.8. The van der Waals surface area contributed by atoms with Crippen LogP contribution in [0.1, 0.15) is 11.5 Å². The molecule has 2 aromatic heterocycles. The predicted octanol–water partition coefficient (Wildman–Crippen LogP) is 0.565. The smallest absolute Gasteiger partial charge is 0.152 e. The van der Waals surface area contributed by atoms with Gasteiger partial charge in [0, 0.05) is 13.1 Å². The van der Waals surface area contributed by atoms with Gasteiger partial charge in [-0.25, -0.2) is 4.98 Å². The number of rotatable bonds is 1. The number of aromatic nitrogens is 4. The van der Waals surface area contributed by atoms with Crippen LogP contribution < -0.4 is 4.90 Å². The van der Waals surface area contributed by atoms with Crippen LogP contribution in [0, 0.1) is 11.3 Å². The molecule has 6 heteroatoms. The van der Waals surface area contributed by atoms with E-state index in [4.69, 9.17) is 5.26 Å². The topological polar surface area (TPSA) is 70.6 Å². The molecule has 0 aromatic carbocycles. The van der Waals surface area contributed by atoms with Gasteiger partial charge in [0.25, 0.3) is 0 Å². The Hall–Kier alpha value is -2.42. The summed E-state index contributed by atoms with van der Waals surface area (Å²) in [7, 11) is 0. The van der Waals surface area contributed by atoms with Gasteiger partial charge in [0.05, 0.1) is 6.54 Å². The van der Waals surface area contributed by atoms with Crippen LogP contribution in [0.5, 0.6) is 0 Å². The lowest BCUT2D eigenvalue weighted by Crippen LogP contribution is -2.34. The van der Waals surface area contributed by atoms with E-state index in [2.05, 4.69) is 20.1 Å². The lowest BCUT2D eigenvalue weighted by Gasteiger charge is -2.27. The van der Waals surface area contributed by atoms with Crippen molar-refractivity contribution in [3.63, 3.8) is 0 Å². The lowest BCUT2D eigenvalue weighted by molar-refractivity contribution is 0.556. The fraction of sp³-hybridized carbons (Fsp3) is 0.273. The number of hydrogen-bond donors (Lipinski definition) is 0. The maximum atomic E-state index is 8.83. The van der Waals surface area contributed by atoms with Crippen molar-refractivity contribution in [3.8, 4) is 6.07 Å². The zero-order chi connectivity index (χ0) is 11.7. The van der Waals surface area contributed by atoms with Gasteiger partial charge in [-0.3, -0.25) is 0 Å². The fourth-order valence-corrected chi connectivity index (χ4v) is 1.92. The maximum Gasteiger partial charge on any atom is 0.152 e. The van der Waals surface area contributed by atoms with Gasteiger partial charge < -0.3 is 9.47 Å². The van der Waals surface area contributed by atoms with E-state index < -0.39 is 0 Å². The fourth-order valence-electron chi connectivity index (χ4n) is 1.92. The molecule has 0 N–H and O–H groups in total. The van der Waals surface area contributed by atoms with Crippen LogP contribution in [-0.4, -0.2) is 26.3 Å². The van der Waals surface area contributed by atoms with Gasteiger partial charge in [0.2, 0.25) is 0 Å². The molecule has 0 saturated carbocycles.